The topological polar surface area (TPSA) is 80.3 Å². The molecule has 0 radical (unpaired) electrons. The molecule has 0 saturated carbocycles. The fraction of sp³-hybridized carbons (Fsp3) is 0.292. The molecule has 6 nitrogen and oxygen atoms in total. The summed E-state index contributed by atoms with van der Waals surface area (Å²) in [5.74, 6) is 0.350. The SMILES string of the molecule is COc1ccccc1CCNC(=O)C1CCc2sc(NC(=O)c3ccc(C)cc3)nc21. The molecule has 0 spiro atoms. The van der Waals surface area contributed by atoms with Crippen LogP contribution < -0.4 is 15.4 Å². The van der Waals surface area contributed by atoms with E-state index in [-0.39, 0.29) is 17.7 Å². The maximum absolute atomic E-state index is 12.8. The Hall–Kier alpha value is -3.19. The molecule has 1 unspecified atom stereocenters. The number of fused-ring (bicyclic) bond motifs is 1. The average Bonchev–Trinajstić information content (AvgIpc) is 3.34. The highest BCUT2D eigenvalue weighted by Crippen LogP contribution is 2.38. The quantitative estimate of drug-likeness (QED) is 0.586. The van der Waals surface area contributed by atoms with Crippen molar-refractivity contribution in [3.8, 4) is 5.75 Å². The van der Waals surface area contributed by atoms with Crippen molar-refractivity contribution in [2.75, 3.05) is 19.0 Å². The van der Waals surface area contributed by atoms with Crippen molar-refractivity contribution in [2.24, 2.45) is 0 Å². The van der Waals surface area contributed by atoms with Crippen molar-refractivity contribution in [1.29, 1.82) is 0 Å². The molecule has 3 aromatic rings. The Labute approximate surface area is 185 Å². The van der Waals surface area contributed by atoms with Crippen molar-refractivity contribution in [3.05, 3.63) is 75.8 Å². The first kappa shape index (κ1) is 21.1. The van der Waals surface area contributed by atoms with E-state index in [2.05, 4.69) is 15.6 Å². The monoisotopic (exact) mass is 435 g/mol. The summed E-state index contributed by atoms with van der Waals surface area (Å²) >= 11 is 1.46. The summed E-state index contributed by atoms with van der Waals surface area (Å²) in [5.41, 5.74) is 3.54. The van der Waals surface area contributed by atoms with E-state index in [4.69, 9.17) is 4.74 Å². The van der Waals surface area contributed by atoms with E-state index in [0.717, 1.165) is 40.3 Å². The van der Waals surface area contributed by atoms with Gasteiger partial charge in [0.1, 0.15) is 5.75 Å². The molecule has 2 aromatic carbocycles. The Bertz CT molecular complexity index is 1090. The molecule has 1 aliphatic rings. The first-order valence-electron chi connectivity index (χ1n) is 10.3. The fourth-order valence-electron chi connectivity index (χ4n) is 3.76. The highest BCUT2D eigenvalue weighted by Gasteiger charge is 2.32. The van der Waals surface area contributed by atoms with Crippen molar-refractivity contribution in [2.45, 2.75) is 32.1 Å². The zero-order chi connectivity index (χ0) is 21.8. The third-order valence-electron chi connectivity index (χ3n) is 5.45. The minimum Gasteiger partial charge on any atom is -0.496 e. The van der Waals surface area contributed by atoms with Crippen LogP contribution in [-0.2, 0) is 17.6 Å². The normalized spacial score (nSPS) is 14.7. The van der Waals surface area contributed by atoms with Gasteiger partial charge in [-0.1, -0.05) is 35.9 Å². The lowest BCUT2D eigenvalue weighted by Gasteiger charge is -2.12. The Morgan fingerprint density at radius 2 is 1.94 bits per heavy atom. The molecule has 4 rings (SSSR count). The number of aryl methyl sites for hydroxylation is 2. The molecule has 1 heterocycles. The van der Waals surface area contributed by atoms with Gasteiger partial charge < -0.3 is 10.1 Å². The van der Waals surface area contributed by atoms with Crippen LogP contribution in [0.15, 0.2) is 48.5 Å². The number of carbonyl (C=O) groups is 2. The number of para-hydroxylation sites is 1. The van der Waals surface area contributed by atoms with Crippen molar-refractivity contribution >= 4 is 28.3 Å². The van der Waals surface area contributed by atoms with Crippen LogP contribution in [0.4, 0.5) is 5.13 Å². The summed E-state index contributed by atoms with van der Waals surface area (Å²) in [6.45, 7) is 2.51. The van der Waals surface area contributed by atoms with Gasteiger partial charge in [-0.15, -0.1) is 11.3 Å². The van der Waals surface area contributed by atoms with E-state index in [0.29, 0.717) is 23.7 Å². The Morgan fingerprint density at radius 1 is 1.16 bits per heavy atom. The minimum absolute atomic E-state index is 0.0182. The lowest BCUT2D eigenvalue weighted by atomic mass is 10.1. The lowest BCUT2D eigenvalue weighted by Crippen LogP contribution is -2.30. The van der Waals surface area contributed by atoms with Gasteiger partial charge in [0.25, 0.3) is 5.91 Å². The molecule has 1 aromatic heterocycles. The predicted octanol–water partition coefficient (Wildman–Crippen LogP) is 4.10. The zero-order valence-corrected chi connectivity index (χ0v) is 18.4. The summed E-state index contributed by atoms with van der Waals surface area (Å²) in [4.78, 5) is 30.9. The Kier molecular flexibility index (Phi) is 6.32. The summed E-state index contributed by atoms with van der Waals surface area (Å²) in [6, 6.07) is 15.2. The first-order valence-corrected chi connectivity index (χ1v) is 11.1. The van der Waals surface area contributed by atoms with Crippen LogP contribution in [-0.4, -0.2) is 30.5 Å². The van der Waals surface area contributed by atoms with Gasteiger partial charge in [-0.2, -0.15) is 0 Å². The largest absolute Gasteiger partial charge is 0.496 e. The third kappa shape index (κ3) is 4.77. The van der Waals surface area contributed by atoms with Crippen molar-refractivity contribution in [1.82, 2.24) is 10.3 Å². The number of methoxy groups -OCH3 is 1. The Morgan fingerprint density at radius 3 is 2.71 bits per heavy atom. The molecule has 1 atom stereocenters. The average molecular weight is 436 g/mol. The molecule has 2 amide bonds. The number of nitrogens with zero attached hydrogens (tertiary/aromatic N) is 1. The fourth-order valence-corrected chi connectivity index (χ4v) is 4.80. The minimum atomic E-state index is -0.269. The van der Waals surface area contributed by atoms with Crippen molar-refractivity contribution < 1.29 is 14.3 Å². The van der Waals surface area contributed by atoms with Crippen LogP contribution >= 0.6 is 11.3 Å². The second kappa shape index (κ2) is 9.31. The van der Waals surface area contributed by atoms with Crippen LogP contribution in [0.25, 0.3) is 0 Å². The number of ether oxygens (including phenoxy) is 1. The molecule has 0 saturated heterocycles. The van der Waals surface area contributed by atoms with Gasteiger partial charge in [0, 0.05) is 17.0 Å². The predicted molar refractivity (Wildman–Crippen MR) is 122 cm³/mol. The van der Waals surface area contributed by atoms with Gasteiger partial charge >= 0.3 is 0 Å². The summed E-state index contributed by atoms with van der Waals surface area (Å²) < 4.78 is 5.37. The van der Waals surface area contributed by atoms with E-state index in [9.17, 15) is 9.59 Å². The van der Waals surface area contributed by atoms with Gasteiger partial charge in [0.15, 0.2) is 5.13 Å². The maximum atomic E-state index is 12.8. The zero-order valence-electron chi connectivity index (χ0n) is 17.6. The molecule has 1 aliphatic carbocycles. The highest BCUT2D eigenvalue weighted by atomic mass is 32.1. The smallest absolute Gasteiger partial charge is 0.257 e. The number of aromatic nitrogens is 1. The summed E-state index contributed by atoms with van der Waals surface area (Å²) in [7, 11) is 1.65. The summed E-state index contributed by atoms with van der Waals surface area (Å²) in [5, 5.41) is 6.44. The molecule has 7 heteroatoms. The number of hydrogen-bond donors (Lipinski definition) is 2. The van der Waals surface area contributed by atoms with E-state index >= 15 is 0 Å². The third-order valence-corrected chi connectivity index (χ3v) is 6.50. The highest BCUT2D eigenvalue weighted by molar-refractivity contribution is 7.16. The molecule has 0 fully saturated rings. The van der Waals surface area contributed by atoms with E-state index in [1.165, 1.54) is 11.3 Å². The first-order chi connectivity index (χ1) is 15.0. The van der Waals surface area contributed by atoms with E-state index in [1.54, 1.807) is 19.2 Å². The molecular formula is C24H25N3O3S. The van der Waals surface area contributed by atoms with Gasteiger partial charge in [-0.25, -0.2) is 4.98 Å². The number of nitrogens with one attached hydrogen (secondary N) is 2. The number of anilines is 1. The molecule has 0 bridgehead atoms. The second-order valence-corrected chi connectivity index (χ2v) is 8.68. The maximum Gasteiger partial charge on any atom is 0.257 e. The number of thiazole rings is 1. The Balaban J connectivity index is 1.36. The van der Waals surface area contributed by atoms with Crippen LogP contribution in [0.3, 0.4) is 0 Å². The molecular weight excluding hydrogens is 410 g/mol. The number of amides is 2. The number of carbonyl (C=O) groups excluding carboxylic acids is 2. The standard InChI is InChI=1S/C24H25N3O3S/c1-15-7-9-17(10-8-15)22(28)27-24-26-21-18(11-12-20(21)31-24)23(29)25-14-13-16-5-3-4-6-19(16)30-2/h3-10,18H,11-14H2,1-2H3,(H,25,29)(H,26,27,28). The molecule has 0 aliphatic heterocycles. The number of benzene rings is 2. The lowest BCUT2D eigenvalue weighted by molar-refractivity contribution is -0.122. The van der Waals surface area contributed by atoms with Crippen LogP contribution in [0.2, 0.25) is 0 Å². The second-order valence-electron chi connectivity index (χ2n) is 7.59. The molecule has 31 heavy (non-hydrogen) atoms. The van der Waals surface area contributed by atoms with Gasteiger partial charge in [0.2, 0.25) is 5.91 Å². The van der Waals surface area contributed by atoms with Gasteiger partial charge in [-0.05, 0) is 49.9 Å². The van der Waals surface area contributed by atoms with Crippen LogP contribution in [0, 0.1) is 6.92 Å². The van der Waals surface area contributed by atoms with Gasteiger partial charge in [0.05, 0.1) is 18.7 Å². The number of hydrogen-bond acceptors (Lipinski definition) is 5. The van der Waals surface area contributed by atoms with E-state index in [1.807, 2.05) is 43.3 Å². The van der Waals surface area contributed by atoms with Crippen molar-refractivity contribution in [3.63, 3.8) is 0 Å². The summed E-state index contributed by atoms with van der Waals surface area (Å²) in [6.07, 6.45) is 2.25. The molecule has 160 valence electrons. The van der Waals surface area contributed by atoms with Crippen LogP contribution in [0.1, 0.15) is 44.4 Å². The number of rotatable bonds is 7. The van der Waals surface area contributed by atoms with Crippen LogP contribution in [0.5, 0.6) is 5.75 Å². The van der Waals surface area contributed by atoms with Gasteiger partial charge in [-0.3, -0.25) is 14.9 Å². The van der Waals surface area contributed by atoms with E-state index < -0.39 is 0 Å². The molecule has 2 N–H and O–H groups in total.